The van der Waals surface area contributed by atoms with E-state index in [1.807, 2.05) is 0 Å². The topological polar surface area (TPSA) is 20.3 Å². The average Bonchev–Trinajstić information content (AvgIpc) is 2.94. The van der Waals surface area contributed by atoms with Crippen molar-refractivity contribution < 1.29 is 9.18 Å². The Labute approximate surface area is 135 Å². The van der Waals surface area contributed by atoms with E-state index in [1.165, 1.54) is 16.5 Å². The van der Waals surface area contributed by atoms with Gasteiger partial charge in [-0.3, -0.25) is 4.79 Å². The SMILES string of the molecule is CCC1c2ccsc2CCN1C(=O)c1ccc(Br)cc1F. The molecular weight excluding hydrogens is 353 g/mol. The van der Waals surface area contributed by atoms with Gasteiger partial charge in [-0.15, -0.1) is 11.3 Å². The number of halogens is 2. The second-order valence-electron chi connectivity index (χ2n) is 5.10. The Morgan fingerprint density at radius 2 is 2.29 bits per heavy atom. The van der Waals surface area contributed by atoms with Crippen molar-refractivity contribution in [2.75, 3.05) is 6.54 Å². The van der Waals surface area contributed by atoms with Gasteiger partial charge in [-0.2, -0.15) is 0 Å². The van der Waals surface area contributed by atoms with Crippen LogP contribution >= 0.6 is 27.3 Å². The maximum Gasteiger partial charge on any atom is 0.257 e. The highest BCUT2D eigenvalue weighted by Crippen LogP contribution is 2.36. The van der Waals surface area contributed by atoms with Gasteiger partial charge in [0, 0.05) is 15.9 Å². The number of rotatable bonds is 2. The van der Waals surface area contributed by atoms with Gasteiger partial charge in [0.2, 0.25) is 0 Å². The van der Waals surface area contributed by atoms with Crippen LogP contribution < -0.4 is 0 Å². The number of nitrogens with zero attached hydrogens (tertiary/aromatic N) is 1. The molecule has 1 aliphatic heterocycles. The van der Waals surface area contributed by atoms with Gasteiger partial charge in [-0.25, -0.2) is 4.39 Å². The van der Waals surface area contributed by atoms with Gasteiger partial charge >= 0.3 is 0 Å². The summed E-state index contributed by atoms with van der Waals surface area (Å²) < 4.78 is 14.7. The van der Waals surface area contributed by atoms with Crippen LogP contribution in [0.15, 0.2) is 34.1 Å². The van der Waals surface area contributed by atoms with Crippen molar-refractivity contribution in [1.82, 2.24) is 4.90 Å². The molecule has 0 aliphatic carbocycles. The van der Waals surface area contributed by atoms with Crippen LogP contribution in [-0.2, 0) is 6.42 Å². The normalized spacial score (nSPS) is 17.7. The van der Waals surface area contributed by atoms with Crippen molar-refractivity contribution in [3.8, 4) is 0 Å². The standard InChI is InChI=1S/C16H15BrFNOS/c1-2-14-12-6-8-21-15(12)5-7-19(14)16(20)11-4-3-10(17)9-13(11)18/h3-4,6,8-9,14H,2,5,7H2,1H3. The summed E-state index contributed by atoms with van der Waals surface area (Å²) in [4.78, 5) is 15.9. The van der Waals surface area contributed by atoms with Gasteiger partial charge < -0.3 is 4.90 Å². The Bertz CT molecular complexity index is 685. The first kappa shape index (κ1) is 14.7. The molecule has 1 amide bonds. The number of amides is 1. The second-order valence-corrected chi connectivity index (χ2v) is 7.01. The molecule has 1 aromatic heterocycles. The zero-order chi connectivity index (χ0) is 15.0. The van der Waals surface area contributed by atoms with Crippen molar-refractivity contribution in [1.29, 1.82) is 0 Å². The third-order valence-electron chi connectivity index (χ3n) is 3.90. The van der Waals surface area contributed by atoms with E-state index < -0.39 is 5.82 Å². The lowest BCUT2D eigenvalue weighted by Gasteiger charge is -2.35. The van der Waals surface area contributed by atoms with Crippen LogP contribution in [0.3, 0.4) is 0 Å². The monoisotopic (exact) mass is 367 g/mol. The number of fused-ring (bicyclic) bond motifs is 1. The van der Waals surface area contributed by atoms with E-state index >= 15 is 0 Å². The fourth-order valence-electron chi connectivity index (χ4n) is 2.90. The molecule has 2 aromatic rings. The van der Waals surface area contributed by atoms with Crippen LogP contribution in [-0.4, -0.2) is 17.4 Å². The molecule has 1 unspecified atom stereocenters. The van der Waals surface area contributed by atoms with Crippen LogP contribution in [0.4, 0.5) is 4.39 Å². The first-order chi connectivity index (χ1) is 10.1. The van der Waals surface area contributed by atoms with E-state index in [9.17, 15) is 9.18 Å². The predicted molar refractivity (Wildman–Crippen MR) is 86.2 cm³/mol. The van der Waals surface area contributed by atoms with E-state index in [0.717, 1.165) is 12.8 Å². The molecule has 0 saturated carbocycles. The highest BCUT2D eigenvalue weighted by molar-refractivity contribution is 9.10. The van der Waals surface area contributed by atoms with Gasteiger partial charge in [0.15, 0.2) is 0 Å². The molecule has 3 rings (SSSR count). The summed E-state index contributed by atoms with van der Waals surface area (Å²) in [6.07, 6.45) is 1.70. The Balaban J connectivity index is 1.94. The molecule has 0 N–H and O–H groups in total. The molecule has 0 saturated heterocycles. The van der Waals surface area contributed by atoms with Gasteiger partial charge in [-0.1, -0.05) is 22.9 Å². The maximum absolute atomic E-state index is 14.0. The summed E-state index contributed by atoms with van der Waals surface area (Å²) in [6, 6.07) is 6.74. The molecule has 0 fully saturated rings. The van der Waals surface area contributed by atoms with Crippen molar-refractivity contribution >= 4 is 33.2 Å². The van der Waals surface area contributed by atoms with Gasteiger partial charge in [0.25, 0.3) is 5.91 Å². The molecule has 2 heterocycles. The number of carbonyl (C=O) groups excluding carboxylic acids is 1. The summed E-state index contributed by atoms with van der Waals surface area (Å²) in [5.74, 6) is -0.691. The fourth-order valence-corrected chi connectivity index (χ4v) is 4.16. The molecule has 5 heteroatoms. The minimum atomic E-state index is -0.472. The molecule has 0 radical (unpaired) electrons. The molecule has 1 atom stereocenters. The molecule has 1 aromatic carbocycles. The first-order valence-corrected chi connectivity index (χ1v) is 8.61. The number of hydrogen-bond acceptors (Lipinski definition) is 2. The van der Waals surface area contributed by atoms with Crippen molar-refractivity contribution in [2.45, 2.75) is 25.8 Å². The minimum absolute atomic E-state index is 0.0514. The summed E-state index contributed by atoms with van der Waals surface area (Å²) >= 11 is 4.96. The van der Waals surface area contributed by atoms with E-state index in [-0.39, 0.29) is 17.5 Å². The number of carbonyl (C=O) groups is 1. The third-order valence-corrected chi connectivity index (χ3v) is 5.39. The predicted octanol–water partition coefficient (Wildman–Crippen LogP) is 4.80. The number of hydrogen-bond donors (Lipinski definition) is 0. The zero-order valence-corrected chi connectivity index (χ0v) is 14.0. The quantitative estimate of drug-likeness (QED) is 0.746. The van der Waals surface area contributed by atoms with Crippen LogP contribution in [0.5, 0.6) is 0 Å². The van der Waals surface area contributed by atoms with Crippen LogP contribution in [0.25, 0.3) is 0 Å². The summed E-state index contributed by atoms with van der Waals surface area (Å²) in [7, 11) is 0. The summed E-state index contributed by atoms with van der Waals surface area (Å²) in [6.45, 7) is 2.72. The molecule has 1 aliphatic rings. The van der Waals surface area contributed by atoms with Crippen LogP contribution in [0, 0.1) is 5.82 Å². The minimum Gasteiger partial charge on any atom is -0.331 e. The van der Waals surface area contributed by atoms with Crippen LogP contribution in [0.1, 0.15) is 40.2 Å². The Morgan fingerprint density at radius 3 is 3.00 bits per heavy atom. The molecule has 21 heavy (non-hydrogen) atoms. The smallest absolute Gasteiger partial charge is 0.257 e. The largest absolute Gasteiger partial charge is 0.331 e. The third kappa shape index (κ3) is 2.64. The summed E-state index contributed by atoms with van der Waals surface area (Å²) in [5, 5.41) is 2.07. The molecule has 110 valence electrons. The van der Waals surface area contributed by atoms with E-state index in [1.54, 1.807) is 28.4 Å². The first-order valence-electron chi connectivity index (χ1n) is 6.94. The number of thiophene rings is 1. The second kappa shape index (κ2) is 5.89. The van der Waals surface area contributed by atoms with Gasteiger partial charge in [0.05, 0.1) is 11.6 Å². The van der Waals surface area contributed by atoms with Crippen molar-refractivity contribution in [3.05, 3.63) is 55.9 Å². The van der Waals surface area contributed by atoms with E-state index in [4.69, 9.17) is 0 Å². The molecular formula is C16H15BrFNOS. The average molecular weight is 368 g/mol. The Morgan fingerprint density at radius 1 is 1.48 bits per heavy atom. The van der Waals surface area contributed by atoms with Crippen molar-refractivity contribution in [3.63, 3.8) is 0 Å². The highest BCUT2D eigenvalue weighted by atomic mass is 79.9. The lowest BCUT2D eigenvalue weighted by molar-refractivity contribution is 0.0652. The summed E-state index contributed by atoms with van der Waals surface area (Å²) in [5.41, 5.74) is 1.37. The fraction of sp³-hybridized carbons (Fsp3) is 0.312. The molecule has 2 nitrogen and oxygen atoms in total. The molecule has 0 bridgehead atoms. The van der Waals surface area contributed by atoms with E-state index in [2.05, 4.69) is 34.3 Å². The maximum atomic E-state index is 14.0. The number of benzene rings is 1. The van der Waals surface area contributed by atoms with Crippen LogP contribution in [0.2, 0.25) is 0 Å². The lowest BCUT2D eigenvalue weighted by Crippen LogP contribution is -2.39. The van der Waals surface area contributed by atoms with E-state index in [0.29, 0.717) is 11.0 Å². The van der Waals surface area contributed by atoms with Crippen molar-refractivity contribution in [2.24, 2.45) is 0 Å². The van der Waals surface area contributed by atoms with Gasteiger partial charge in [-0.05, 0) is 48.1 Å². The highest BCUT2D eigenvalue weighted by Gasteiger charge is 2.31. The zero-order valence-electron chi connectivity index (χ0n) is 11.6. The lowest BCUT2D eigenvalue weighted by atomic mass is 9.97. The Hall–Kier alpha value is -1.20. The molecule has 0 spiro atoms. The van der Waals surface area contributed by atoms with Gasteiger partial charge in [0.1, 0.15) is 5.82 Å². The Kier molecular flexibility index (Phi) is 4.13.